The predicted molar refractivity (Wildman–Crippen MR) is 126 cm³/mol. The SMILES string of the molecule is O=C(c1ccc(S(=O)(=O)N2CCOCC2)cc1)N(C[C@H]1CCCO1)c1nc2ccccc2s1. The van der Waals surface area contributed by atoms with Gasteiger partial charge in [-0.05, 0) is 49.2 Å². The summed E-state index contributed by atoms with van der Waals surface area (Å²) in [4.78, 5) is 20.0. The van der Waals surface area contributed by atoms with Crippen molar-refractivity contribution in [2.45, 2.75) is 23.8 Å². The summed E-state index contributed by atoms with van der Waals surface area (Å²) in [6.45, 7) is 2.53. The van der Waals surface area contributed by atoms with E-state index in [0.29, 0.717) is 50.1 Å². The van der Waals surface area contributed by atoms with Crippen molar-refractivity contribution in [3.05, 3.63) is 54.1 Å². The van der Waals surface area contributed by atoms with Gasteiger partial charge in [-0.1, -0.05) is 23.5 Å². The van der Waals surface area contributed by atoms with Crippen molar-refractivity contribution in [2.75, 3.05) is 44.4 Å². The van der Waals surface area contributed by atoms with Gasteiger partial charge in [0.25, 0.3) is 5.91 Å². The zero-order chi connectivity index (χ0) is 22.8. The first kappa shape index (κ1) is 22.4. The molecule has 2 aliphatic rings. The molecule has 0 radical (unpaired) electrons. The Morgan fingerprint density at radius 3 is 2.55 bits per heavy atom. The number of ether oxygens (including phenoxy) is 2. The fraction of sp³-hybridized carbons (Fsp3) is 0.391. The highest BCUT2D eigenvalue weighted by atomic mass is 32.2. The fourth-order valence-electron chi connectivity index (χ4n) is 4.08. The second-order valence-electron chi connectivity index (χ2n) is 8.06. The van der Waals surface area contributed by atoms with Crippen LogP contribution in [0.25, 0.3) is 10.2 Å². The van der Waals surface area contributed by atoms with Gasteiger partial charge in [-0.3, -0.25) is 9.69 Å². The third kappa shape index (κ3) is 4.67. The van der Waals surface area contributed by atoms with Gasteiger partial charge in [0.2, 0.25) is 10.0 Å². The van der Waals surface area contributed by atoms with Crippen LogP contribution in [0.1, 0.15) is 23.2 Å². The van der Waals surface area contributed by atoms with Gasteiger partial charge in [0.15, 0.2) is 5.13 Å². The van der Waals surface area contributed by atoms with E-state index in [-0.39, 0.29) is 16.9 Å². The van der Waals surface area contributed by atoms with Crippen LogP contribution in [0.5, 0.6) is 0 Å². The first-order valence-corrected chi connectivity index (χ1v) is 13.2. The molecule has 1 aromatic heterocycles. The molecule has 2 fully saturated rings. The number of para-hydroxylation sites is 1. The number of carbonyl (C=O) groups is 1. The highest BCUT2D eigenvalue weighted by Crippen LogP contribution is 2.31. The van der Waals surface area contributed by atoms with Crippen molar-refractivity contribution in [1.29, 1.82) is 0 Å². The van der Waals surface area contributed by atoms with E-state index >= 15 is 0 Å². The number of hydrogen-bond acceptors (Lipinski definition) is 7. The third-order valence-electron chi connectivity index (χ3n) is 5.88. The van der Waals surface area contributed by atoms with Gasteiger partial charge in [-0.15, -0.1) is 0 Å². The molecule has 1 atom stereocenters. The van der Waals surface area contributed by atoms with Crippen LogP contribution in [-0.4, -0.2) is 69.2 Å². The average Bonchev–Trinajstić information content (AvgIpc) is 3.52. The number of nitrogens with zero attached hydrogens (tertiary/aromatic N) is 3. The maximum absolute atomic E-state index is 13.5. The lowest BCUT2D eigenvalue weighted by atomic mass is 10.2. The zero-order valence-corrected chi connectivity index (χ0v) is 19.7. The van der Waals surface area contributed by atoms with E-state index in [1.165, 1.54) is 27.8 Å². The lowest BCUT2D eigenvalue weighted by Crippen LogP contribution is -2.40. The van der Waals surface area contributed by atoms with Crippen molar-refractivity contribution in [1.82, 2.24) is 9.29 Å². The highest BCUT2D eigenvalue weighted by Gasteiger charge is 2.29. The lowest BCUT2D eigenvalue weighted by Gasteiger charge is -2.26. The minimum Gasteiger partial charge on any atom is -0.379 e. The lowest BCUT2D eigenvalue weighted by molar-refractivity contribution is 0.0730. The zero-order valence-electron chi connectivity index (χ0n) is 18.1. The van der Waals surface area contributed by atoms with E-state index in [2.05, 4.69) is 4.98 Å². The molecular formula is C23H25N3O5S2. The van der Waals surface area contributed by atoms with Crippen molar-refractivity contribution in [3.63, 3.8) is 0 Å². The van der Waals surface area contributed by atoms with Crippen LogP contribution in [0.3, 0.4) is 0 Å². The Labute approximate surface area is 196 Å². The Morgan fingerprint density at radius 1 is 1.09 bits per heavy atom. The van der Waals surface area contributed by atoms with E-state index < -0.39 is 10.0 Å². The van der Waals surface area contributed by atoms with Gasteiger partial charge in [0.1, 0.15) is 0 Å². The molecule has 5 rings (SSSR count). The molecule has 0 aliphatic carbocycles. The maximum atomic E-state index is 13.5. The Morgan fingerprint density at radius 2 is 1.85 bits per heavy atom. The predicted octanol–water partition coefficient (Wildman–Crippen LogP) is 3.14. The van der Waals surface area contributed by atoms with Crippen molar-refractivity contribution < 1.29 is 22.7 Å². The minimum atomic E-state index is -3.61. The Hall–Kier alpha value is -2.37. The van der Waals surface area contributed by atoms with E-state index in [1.54, 1.807) is 17.0 Å². The van der Waals surface area contributed by atoms with Crippen LogP contribution in [-0.2, 0) is 19.5 Å². The minimum absolute atomic E-state index is 0.0399. The number of rotatable bonds is 6. The molecule has 2 aliphatic heterocycles. The number of anilines is 1. The normalized spacial score (nSPS) is 19.7. The number of morpholine rings is 1. The molecule has 10 heteroatoms. The number of hydrogen-bond donors (Lipinski definition) is 0. The molecule has 3 aromatic rings. The number of sulfonamides is 1. The molecule has 174 valence electrons. The summed E-state index contributed by atoms with van der Waals surface area (Å²) in [5.74, 6) is -0.222. The first-order chi connectivity index (χ1) is 16.0. The van der Waals surface area contributed by atoms with Gasteiger partial charge < -0.3 is 9.47 Å². The van der Waals surface area contributed by atoms with E-state index in [1.807, 2.05) is 24.3 Å². The number of thiazole rings is 1. The molecule has 0 bridgehead atoms. The summed E-state index contributed by atoms with van der Waals surface area (Å²) in [5.41, 5.74) is 1.25. The monoisotopic (exact) mass is 487 g/mol. The van der Waals surface area contributed by atoms with Gasteiger partial charge in [-0.25, -0.2) is 13.4 Å². The Balaban J connectivity index is 1.42. The number of aromatic nitrogens is 1. The quantitative estimate of drug-likeness (QED) is 0.531. The van der Waals surface area contributed by atoms with E-state index in [9.17, 15) is 13.2 Å². The largest absolute Gasteiger partial charge is 0.379 e. The molecular weight excluding hydrogens is 462 g/mol. The standard InChI is InChI=1S/C23H25N3O5S2/c27-22(17-7-9-19(10-8-17)33(28,29)25-11-14-30-15-12-25)26(16-18-4-3-13-31-18)23-24-20-5-1-2-6-21(20)32-23/h1-2,5-10,18H,3-4,11-16H2/t18-/m1/s1. The second kappa shape index (κ2) is 9.47. The molecule has 0 spiro atoms. The molecule has 8 nitrogen and oxygen atoms in total. The second-order valence-corrected chi connectivity index (χ2v) is 11.0. The van der Waals surface area contributed by atoms with Crippen molar-refractivity contribution >= 4 is 42.6 Å². The topological polar surface area (TPSA) is 89.0 Å². The summed E-state index contributed by atoms with van der Waals surface area (Å²) in [6, 6.07) is 13.9. The van der Waals surface area contributed by atoms with E-state index in [4.69, 9.17) is 9.47 Å². The molecule has 2 aromatic carbocycles. The fourth-order valence-corrected chi connectivity index (χ4v) is 6.46. The summed E-state index contributed by atoms with van der Waals surface area (Å²) < 4.78 is 39.3. The molecule has 0 saturated carbocycles. The van der Waals surface area contributed by atoms with Crippen molar-refractivity contribution in [3.8, 4) is 0 Å². The van der Waals surface area contributed by atoms with Crippen LogP contribution >= 0.6 is 11.3 Å². The molecule has 3 heterocycles. The highest BCUT2D eigenvalue weighted by molar-refractivity contribution is 7.89. The number of carbonyl (C=O) groups excluding carboxylic acids is 1. The number of fused-ring (bicyclic) bond motifs is 1. The van der Waals surface area contributed by atoms with Gasteiger partial charge >= 0.3 is 0 Å². The van der Waals surface area contributed by atoms with Crippen LogP contribution in [0.2, 0.25) is 0 Å². The summed E-state index contributed by atoms with van der Waals surface area (Å²) in [6.07, 6.45) is 1.83. The van der Waals surface area contributed by atoms with Gasteiger partial charge in [-0.2, -0.15) is 4.31 Å². The average molecular weight is 488 g/mol. The Kier molecular flexibility index (Phi) is 6.44. The summed E-state index contributed by atoms with van der Waals surface area (Å²) in [7, 11) is -3.61. The first-order valence-electron chi connectivity index (χ1n) is 11.0. The van der Waals surface area contributed by atoms with Crippen molar-refractivity contribution in [2.24, 2.45) is 0 Å². The molecule has 0 N–H and O–H groups in total. The van der Waals surface area contributed by atoms with Crippen LogP contribution in [0.15, 0.2) is 53.4 Å². The van der Waals surface area contributed by atoms with E-state index in [0.717, 1.165) is 23.1 Å². The summed E-state index contributed by atoms with van der Waals surface area (Å²) >= 11 is 1.46. The van der Waals surface area contributed by atoms with Crippen LogP contribution in [0.4, 0.5) is 5.13 Å². The molecule has 2 saturated heterocycles. The summed E-state index contributed by atoms with van der Waals surface area (Å²) in [5, 5.41) is 0.613. The Bertz CT molecular complexity index is 1200. The molecule has 0 unspecified atom stereocenters. The molecule has 33 heavy (non-hydrogen) atoms. The number of benzene rings is 2. The van der Waals surface area contributed by atoms with Crippen LogP contribution < -0.4 is 4.90 Å². The maximum Gasteiger partial charge on any atom is 0.260 e. The number of amides is 1. The third-order valence-corrected chi connectivity index (χ3v) is 8.85. The smallest absolute Gasteiger partial charge is 0.260 e. The van der Waals surface area contributed by atoms with Gasteiger partial charge in [0, 0.05) is 25.3 Å². The van der Waals surface area contributed by atoms with Crippen LogP contribution in [0, 0.1) is 0 Å². The molecule has 1 amide bonds. The van der Waals surface area contributed by atoms with Gasteiger partial charge in [0.05, 0.1) is 41.0 Å².